The molecule has 0 bridgehead atoms. The van der Waals surface area contributed by atoms with Gasteiger partial charge in [-0.2, -0.15) is 0 Å². The number of rotatable bonds is 4. The third-order valence-corrected chi connectivity index (χ3v) is 4.02. The van der Waals surface area contributed by atoms with Crippen molar-refractivity contribution in [1.29, 1.82) is 0 Å². The van der Waals surface area contributed by atoms with E-state index >= 15 is 0 Å². The standard InChI is InChI=1S/C15H16BrN3O/c1-11-4-2-6-13(14(11)16)10-19-15(20)18-9-12-5-3-7-17-8-12/h2-8H,9-10H2,1H3,(H2,18,19,20). The quantitative estimate of drug-likeness (QED) is 0.902. The van der Waals surface area contributed by atoms with Crippen molar-refractivity contribution in [3.05, 3.63) is 63.9 Å². The summed E-state index contributed by atoms with van der Waals surface area (Å²) in [6.45, 7) is 2.98. The largest absolute Gasteiger partial charge is 0.334 e. The minimum Gasteiger partial charge on any atom is -0.334 e. The second-order valence-electron chi connectivity index (χ2n) is 4.45. The Morgan fingerprint density at radius 2 is 2.00 bits per heavy atom. The summed E-state index contributed by atoms with van der Waals surface area (Å²) in [6, 6.07) is 9.56. The number of carbonyl (C=O) groups excluding carboxylic acids is 1. The van der Waals surface area contributed by atoms with Crippen LogP contribution in [0.5, 0.6) is 0 Å². The first-order valence-corrected chi connectivity index (χ1v) is 7.10. The zero-order valence-electron chi connectivity index (χ0n) is 11.2. The highest BCUT2D eigenvalue weighted by molar-refractivity contribution is 9.10. The summed E-state index contributed by atoms with van der Waals surface area (Å²) in [7, 11) is 0. The van der Waals surface area contributed by atoms with Crippen LogP contribution in [0, 0.1) is 6.92 Å². The van der Waals surface area contributed by atoms with E-state index in [4.69, 9.17) is 0 Å². The van der Waals surface area contributed by atoms with Gasteiger partial charge in [0.15, 0.2) is 0 Å². The molecule has 1 aromatic carbocycles. The highest BCUT2D eigenvalue weighted by Crippen LogP contribution is 2.20. The fourth-order valence-corrected chi connectivity index (χ4v) is 2.17. The van der Waals surface area contributed by atoms with Gasteiger partial charge in [-0.3, -0.25) is 4.98 Å². The minimum absolute atomic E-state index is 0.192. The van der Waals surface area contributed by atoms with Crippen LogP contribution in [0.4, 0.5) is 4.79 Å². The molecule has 104 valence electrons. The maximum Gasteiger partial charge on any atom is 0.315 e. The van der Waals surface area contributed by atoms with Gasteiger partial charge in [0.25, 0.3) is 0 Å². The molecule has 4 nitrogen and oxygen atoms in total. The van der Waals surface area contributed by atoms with Crippen molar-refractivity contribution in [2.24, 2.45) is 0 Å². The number of aromatic nitrogens is 1. The van der Waals surface area contributed by atoms with Gasteiger partial charge in [-0.25, -0.2) is 4.79 Å². The molecule has 0 aliphatic carbocycles. The molecule has 1 heterocycles. The Labute approximate surface area is 126 Å². The number of carbonyl (C=O) groups is 1. The van der Waals surface area contributed by atoms with Crippen molar-refractivity contribution in [1.82, 2.24) is 15.6 Å². The van der Waals surface area contributed by atoms with E-state index in [9.17, 15) is 4.79 Å². The van der Waals surface area contributed by atoms with Crippen molar-refractivity contribution >= 4 is 22.0 Å². The zero-order chi connectivity index (χ0) is 14.4. The second-order valence-corrected chi connectivity index (χ2v) is 5.24. The van der Waals surface area contributed by atoms with Crippen molar-refractivity contribution < 1.29 is 4.79 Å². The number of urea groups is 1. The first kappa shape index (κ1) is 14.5. The summed E-state index contributed by atoms with van der Waals surface area (Å²) < 4.78 is 1.03. The molecule has 0 saturated heterocycles. The molecule has 20 heavy (non-hydrogen) atoms. The molecule has 0 spiro atoms. The first-order chi connectivity index (χ1) is 9.66. The fraction of sp³-hybridized carbons (Fsp3) is 0.200. The monoisotopic (exact) mass is 333 g/mol. The Bertz CT molecular complexity index is 587. The predicted octanol–water partition coefficient (Wildman–Crippen LogP) is 3.15. The maximum absolute atomic E-state index is 11.7. The van der Waals surface area contributed by atoms with Gasteiger partial charge in [0.2, 0.25) is 0 Å². The number of nitrogens with one attached hydrogen (secondary N) is 2. The Morgan fingerprint density at radius 1 is 1.20 bits per heavy atom. The highest BCUT2D eigenvalue weighted by atomic mass is 79.9. The lowest BCUT2D eigenvalue weighted by Crippen LogP contribution is -2.34. The van der Waals surface area contributed by atoms with Crippen LogP contribution in [-0.2, 0) is 13.1 Å². The van der Waals surface area contributed by atoms with Crippen LogP contribution < -0.4 is 10.6 Å². The molecular weight excluding hydrogens is 318 g/mol. The van der Waals surface area contributed by atoms with Gasteiger partial charge in [-0.1, -0.05) is 40.2 Å². The molecule has 0 atom stereocenters. The third-order valence-electron chi connectivity index (χ3n) is 2.89. The lowest BCUT2D eigenvalue weighted by molar-refractivity contribution is 0.240. The Balaban J connectivity index is 1.82. The Hall–Kier alpha value is -1.88. The number of nitrogens with zero attached hydrogens (tertiary/aromatic N) is 1. The molecule has 0 aliphatic rings. The second kappa shape index (κ2) is 7.05. The van der Waals surface area contributed by atoms with Gasteiger partial charge < -0.3 is 10.6 Å². The molecule has 2 N–H and O–H groups in total. The molecule has 0 aliphatic heterocycles. The van der Waals surface area contributed by atoms with Crippen LogP contribution in [0.15, 0.2) is 47.2 Å². The van der Waals surface area contributed by atoms with Crippen molar-refractivity contribution in [2.45, 2.75) is 20.0 Å². The molecule has 2 aromatic rings. The van der Waals surface area contributed by atoms with Gasteiger partial charge in [0.1, 0.15) is 0 Å². The summed E-state index contributed by atoms with van der Waals surface area (Å²) >= 11 is 3.53. The van der Waals surface area contributed by atoms with Crippen LogP contribution in [-0.4, -0.2) is 11.0 Å². The molecule has 1 aromatic heterocycles. The lowest BCUT2D eigenvalue weighted by atomic mass is 10.1. The summed E-state index contributed by atoms with van der Waals surface area (Å²) in [5, 5.41) is 5.63. The Morgan fingerprint density at radius 3 is 2.75 bits per heavy atom. The van der Waals surface area contributed by atoms with Gasteiger partial charge >= 0.3 is 6.03 Å². The van der Waals surface area contributed by atoms with Crippen LogP contribution in [0.2, 0.25) is 0 Å². The highest BCUT2D eigenvalue weighted by Gasteiger charge is 2.04. The molecule has 0 saturated carbocycles. The van der Waals surface area contributed by atoms with Crippen LogP contribution >= 0.6 is 15.9 Å². The zero-order valence-corrected chi connectivity index (χ0v) is 12.8. The van der Waals surface area contributed by atoms with Crippen molar-refractivity contribution in [3.8, 4) is 0 Å². The fourth-order valence-electron chi connectivity index (χ4n) is 1.77. The van der Waals surface area contributed by atoms with Crippen molar-refractivity contribution in [3.63, 3.8) is 0 Å². The average Bonchev–Trinajstić information content (AvgIpc) is 2.48. The van der Waals surface area contributed by atoms with E-state index < -0.39 is 0 Å². The van der Waals surface area contributed by atoms with E-state index in [0.29, 0.717) is 13.1 Å². The van der Waals surface area contributed by atoms with Gasteiger partial charge in [0, 0.05) is 30.0 Å². The number of hydrogen-bond acceptors (Lipinski definition) is 2. The van der Waals surface area contributed by atoms with E-state index in [1.807, 2.05) is 37.3 Å². The molecule has 2 rings (SSSR count). The summed E-state index contributed by atoms with van der Waals surface area (Å²) in [5.74, 6) is 0. The van der Waals surface area contributed by atoms with Crippen molar-refractivity contribution in [2.75, 3.05) is 0 Å². The summed E-state index contributed by atoms with van der Waals surface area (Å²) in [4.78, 5) is 15.7. The first-order valence-electron chi connectivity index (χ1n) is 6.31. The van der Waals surface area contributed by atoms with Gasteiger partial charge in [-0.05, 0) is 29.7 Å². The topological polar surface area (TPSA) is 54.0 Å². The number of aryl methyl sites for hydroxylation is 1. The summed E-state index contributed by atoms with van der Waals surface area (Å²) in [5.41, 5.74) is 3.18. The van der Waals surface area contributed by atoms with Crippen LogP contribution in [0.3, 0.4) is 0 Å². The van der Waals surface area contributed by atoms with Crippen LogP contribution in [0.1, 0.15) is 16.7 Å². The Kier molecular flexibility index (Phi) is 5.12. The normalized spacial score (nSPS) is 10.1. The SMILES string of the molecule is Cc1cccc(CNC(=O)NCc2cccnc2)c1Br. The molecule has 2 amide bonds. The average molecular weight is 334 g/mol. The van der Waals surface area contributed by atoms with Crippen LogP contribution in [0.25, 0.3) is 0 Å². The van der Waals surface area contributed by atoms with E-state index in [1.165, 1.54) is 0 Å². The van der Waals surface area contributed by atoms with E-state index in [-0.39, 0.29) is 6.03 Å². The molecule has 5 heteroatoms. The molecule has 0 radical (unpaired) electrons. The van der Waals surface area contributed by atoms with Gasteiger partial charge in [-0.15, -0.1) is 0 Å². The third kappa shape index (κ3) is 4.06. The van der Waals surface area contributed by atoms with E-state index in [2.05, 4.69) is 31.5 Å². The maximum atomic E-state index is 11.7. The number of pyridine rings is 1. The number of benzene rings is 1. The molecular formula is C15H16BrN3O. The van der Waals surface area contributed by atoms with E-state index in [1.54, 1.807) is 12.4 Å². The number of amides is 2. The van der Waals surface area contributed by atoms with E-state index in [0.717, 1.165) is 21.2 Å². The summed E-state index contributed by atoms with van der Waals surface area (Å²) in [6.07, 6.45) is 3.44. The number of hydrogen-bond donors (Lipinski definition) is 2. The number of halogens is 1. The lowest BCUT2D eigenvalue weighted by Gasteiger charge is -2.10. The predicted molar refractivity (Wildman–Crippen MR) is 82.2 cm³/mol. The molecule has 0 unspecified atom stereocenters. The molecule has 0 fully saturated rings. The van der Waals surface area contributed by atoms with Gasteiger partial charge in [0.05, 0.1) is 0 Å². The smallest absolute Gasteiger partial charge is 0.315 e. The minimum atomic E-state index is -0.192.